The summed E-state index contributed by atoms with van der Waals surface area (Å²) in [7, 11) is 0. The van der Waals surface area contributed by atoms with Crippen molar-refractivity contribution in [1.29, 1.82) is 5.26 Å². The molecule has 0 rings (SSSR count). The van der Waals surface area contributed by atoms with E-state index in [0.29, 0.717) is 6.42 Å². The zero-order chi connectivity index (χ0) is 14.0. The average molecular weight is 255 g/mol. The molecule has 0 aromatic carbocycles. The Bertz CT molecular complexity index is 321. The van der Waals surface area contributed by atoms with E-state index >= 15 is 0 Å². The van der Waals surface area contributed by atoms with Crippen LogP contribution in [0.4, 0.5) is 0 Å². The largest absolute Gasteiger partial charge is 0.481 e. The van der Waals surface area contributed by atoms with E-state index in [1.807, 2.05) is 6.07 Å². The number of carbonyl (C=O) groups excluding carboxylic acids is 1. The van der Waals surface area contributed by atoms with Crippen molar-refractivity contribution in [2.24, 2.45) is 0 Å². The lowest BCUT2D eigenvalue weighted by molar-refractivity contribution is -0.154. The van der Waals surface area contributed by atoms with Crippen LogP contribution in [0.5, 0.6) is 0 Å². The first-order valence-corrected chi connectivity index (χ1v) is 6.28. The van der Waals surface area contributed by atoms with Crippen LogP contribution in [0.25, 0.3) is 0 Å². The molecule has 1 unspecified atom stereocenters. The molecule has 0 aliphatic carbocycles. The number of hydrogen-bond acceptors (Lipinski definition) is 4. The number of carboxylic acids is 1. The summed E-state index contributed by atoms with van der Waals surface area (Å²) in [5.74, 6) is -1.44. The fourth-order valence-corrected chi connectivity index (χ4v) is 1.53. The summed E-state index contributed by atoms with van der Waals surface area (Å²) >= 11 is 0. The SMILES string of the molecule is CCCCCC(C)(C#N)OC(=O)CCCC(=O)O. The van der Waals surface area contributed by atoms with E-state index in [1.54, 1.807) is 6.92 Å². The van der Waals surface area contributed by atoms with Crippen molar-refractivity contribution in [2.45, 2.75) is 64.4 Å². The summed E-state index contributed by atoms with van der Waals surface area (Å²) in [6, 6.07) is 2.01. The second-order valence-corrected chi connectivity index (χ2v) is 4.52. The Morgan fingerprint density at radius 3 is 2.44 bits per heavy atom. The normalized spacial score (nSPS) is 13.4. The minimum Gasteiger partial charge on any atom is -0.481 e. The molecule has 0 fully saturated rings. The van der Waals surface area contributed by atoms with Crippen LogP contribution in [0.1, 0.15) is 58.8 Å². The predicted octanol–water partition coefficient (Wildman–Crippen LogP) is 2.65. The summed E-state index contributed by atoms with van der Waals surface area (Å²) in [4.78, 5) is 21.8. The number of aliphatic carboxylic acids is 1. The Hall–Kier alpha value is -1.57. The Kier molecular flexibility index (Phi) is 7.77. The van der Waals surface area contributed by atoms with Gasteiger partial charge in [-0.2, -0.15) is 5.26 Å². The molecule has 18 heavy (non-hydrogen) atoms. The fraction of sp³-hybridized carbons (Fsp3) is 0.769. The highest BCUT2D eigenvalue weighted by atomic mass is 16.6. The molecular weight excluding hydrogens is 234 g/mol. The van der Waals surface area contributed by atoms with Crippen LogP contribution in [0, 0.1) is 11.3 Å². The number of ether oxygens (including phenoxy) is 1. The van der Waals surface area contributed by atoms with E-state index in [9.17, 15) is 9.59 Å². The molecule has 5 heteroatoms. The first kappa shape index (κ1) is 16.4. The van der Waals surface area contributed by atoms with Gasteiger partial charge in [-0.3, -0.25) is 9.59 Å². The Morgan fingerprint density at radius 2 is 1.94 bits per heavy atom. The van der Waals surface area contributed by atoms with Gasteiger partial charge in [-0.15, -0.1) is 0 Å². The lowest BCUT2D eigenvalue weighted by Crippen LogP contribution is -2.30. The molecule has 1 N–H and O–H groups in total. The first-order valence-electron chi connectivity index (χ1n) is 6.28. The van der Waals surface area contributed by atoms with Crippen LogP contribution in [-0.2, 0) is 14.3 Å². The minimum atomic E-state index is -1.09. The lowest BCUT2D eigenvalue weighted by atomic mass is 10.00. The predicted molar refractivity (Wildman–Crippen MR) is 65.7 cm³/mol. The summed E-state index contributed by atoms with van der Waals surface area (Å²) in [6.07, 6.45) is 3.60. The second-order valence-electron chi connectivity index (χ2n) is 4.52. The maximum absolute atomic E-state index is 11.5. The third-order valence-electron chi connectivity index (χ3n) is 2.60. The number of esters is 1. The molecule has 0 saturated carbocycles. The van der Waals surface area contributed by atoms with Crippen LogP contribution in [0.3, 0.4) is 0 Å². The fourth-order valence-electron chi connectivity index (χ4n) is 1.53. The first-order chi connectivity index (χ1) is 8.43. The van der Waals surface area contributed by atoms with Gasteiger partial charge in [0.15, 0.2) is 5.60 Å². The van der Waals surface area contributed by atoms with Crippen LogP contribution in [-0.4, -0.2) is 22.6 Å². The second kappa shape index (κ2) is 8.51. The number of rotatable bonds is 9. The summed E-state index contributed by atoms with van der Waals surface area (Å²) in [5.41, 5.74) is -1.09. The van der Waals surface area contributed by atoms with Gasteiger partial charge in [0.25, 0.3) is 0 Å². The molecule has 0 aromatic rings. The van der Waals surface area contributed by atoms with E-state index in [1.165, 1.54) is 0 Å². The Morgan fingerprint density at radius 1 is 1.28 bits per heavy atom. The zero-order valence-corrected chi connectivity index (χ0v) is 11.1. The number of unbranched alkanes of at least 4 members (excludes halogenated alkanes) is 2. The Labute approximate surface area is 108 Å². The van der Waals surface area contributed by atoms with Gasteiger partial charge in [-0.05, 0) is 19.8 Å². The van der Waals surface area contributed by atoms with Gasteiger partial charge < -0.3 is 9.84 Å². The third-order valence-corrected chi connectivity index (χ3v) is 2.60. The highest BCUT2D eigenvalue weighted by Gasteiger charge is 2.27. The average Bonchev–Trinajstić information content (AvgIpc) is 2.28. The molecule has 0 aliphatic heterocycles. The standard InChI is InChI=1S/C13H21NO4/c1-3-4-5-9-13(2,10-14)18-12(17)8-6-7-11(15)16/h3-9H2,1-2H3,(H,15,16). The molecule has 0 aliphatic rings. The van der Waals surface area contributed by atoms with E-state index in [0.717, 1.165) is 19.3 Å². The van der Waals surface area contributed by atoms with Crippen molar-refractivity contribution in [3.05, 3.63) is 0 Å². The van der Waals surface area contributed by atoms with Crippen LogP contribution < -0.4 is 0 Å². The molecule has 0 aromatic heterocycles. The van der Waals surface area contributed by atoms with Crippen molar-refractivity contribution < 1.29 is 19.4 Å². The summed E-state index contributed by atoms with van der Waals surface area (Å²) in [5, 5.41) is 17.5. The minimum absolute atomic E-state index is 0.0390. The van der Waals surface area contributed by atoms with E-state index < -0.39 is 17.5 Å². The van der Waals surface area contributed by atoms with Gasteiger partial charge in [0.1, 0.15) is 6.07 Å². The monoisotopic (exact) mass is 255 g/mol. The van der Waals surface area contributed by atoms with Crippen molar-refractivity contribution in [1.82, 2.24) is 0 Å². The maximum Gasteiger partial charge on any atom is 0.307 e. The number of carboxylic acid groups (broad SMARTS) is 1. The molecule has 0 amide bonds. The van der Waals surface area contributed by atoms with Gasteiger partial charge in [0.2, 0.25) is 0 Å². The van der Waals surface area contributed by atoms with Crippen molar-refractivity contribution in [3.8, 4) is 6.07 Å². The topological polar surface area (TPSA) is 87.4 Å². The van der Waals surface area contributed by atoms with Crippen molar-refractivity contribution in [3.63, 3.8) is 0 Å². The molecule has 0 saturated heterocycles. The smallest absolute Gasteiger partial charge is 0.307 e. The van der Waals surface area contributed by atoms with Crippen molar-refractivity contribution >= 4 is 11.9 Å². The quantitative estimate of drug-likeness (QED) is 0.505. The van der Waals surface area contributed by atoms with Crippen LogP contribution in [0.15, 0.2) is 0 Å². The molecular formula is C13H21NO4. The molecule has 1 atom stereocenters. The molecule has 102 valence electrons. The van der Waals surface area contributed by atoms with E-state index in [2.05, 4.69) is 6.92 Å². The molecule has 0 spiro atoms. The van der Waals surface area contributed by atoms with Gasteiger partial charge >= 0.3 is 11.9 Å². The molecule has 0 radical (unpaired) electrons. The van der Waals surface area contributed by atoms with E-state index in [4.69, 9.17) is 15.1 Å². The number of nitrogens with zero attached hydrogens (tertiary/aromatic N) is 1. The molecule has 0 bridgehead atoms. The van der Waals surface area contributed by atoms with Gasteiger partial charge in [-0.25, -0.2) is 0 Å². The lowest BCUT2D eigenvalue weighted by Gasteiger charge is -2.22. The number of nitriles is 1. The third kappa shape index (κ3) is 7.66. The maximum atomic E-state index is 11.5. The van der Waals surface area contributed by atoms with Gasteiger partial charge in [-0.1, -0.05) is 19.8 Å². The van der Waals surface area contributed by atoms with E-state index in [-0.39, 0.29) is 19.3 Å². The van der Waals surface area contributed by atoms with Gasteiger partial charge in [0.05, 0.1) is 0 Å². The summed E-state index contributed by atoms with van der Waals surface area (Å²) in [6.45, 7) is 3.65. The summed E-state index contributed by atoms with van der Waals surface area (Å²) < 4.78 is 5.12. The van der Waals surface area contributed by atoms with Gasteiger partial charge in [0, 0.05) is 19.3 Å². The van der Waals surface area contributed by atoms with Crippen LogP contribution in [0.2, 0.25) is 0 Å². The van der Waals surface area contributed by atoms with Crippen molar-refractivity contribution in [2.75, 3.05) is 0 Å². The van der Waals surface area contributed by atoms with Crippen LogP contribution >= 0.6 is 0 Å². The number of hydrogen-bond donors (Lipinski definition) is 1. The zero-order valence-electron chi connectivity index (χ0n) is 11.1. The highest BCUT2D eigenvalue weighted by Crippen LogP contribution is 2.19. The molecule has 0 heterocycles. The Balaban J connectivity index is 4.06. The highest BCUT2D eigenvalue weighted by molar-refractivity contribution is 5.72. The number of carbonyl (C=O) groups is 2. The molecule has 5 nitrogen and oxygen atoms in total.